The molecule has 2 N–H and O–H groups in total. The predicted octanol–water partition coefficient (Wildman–Crippen LogP) is 3.36. The van der Waals surface area contributed by atoms with Crippen molar-refractivity contribution in [1.29, 1.82) is 0 Å². The molecular weight excluding hydrogens is 366 g/mol. The fraction of sp³-hybridized carbons (Fsp3) is 0.450. The van der Waals surface area contributed by atoms with Gasteiger partial charge in [0.05, 0.1) is 17.2 Å². The Kier molecular flexibility index (Phi) is 4.97. The van der Waals surface area contributed by atoms with E-state index >= 15 is 0 Å². The summed E-state index contributed by atoms with van der Waals surface area (Å²) in [7, 11) is 0. The van der Waals surface area contributed by atoms with E-state index in [4.69, 9.17) is 9.84 Å². The molecule has 2 aromatic rings. The molecule has 0 aliphatic carbocycles. The molecule has 0 radical (unpaired) electrons. The average molecular weight is 387 g/mol. The van der Waals surface area contributed by atoms with E-state index in [9.17, 15) is 14.7 Å². The molecule has 0 saturated carbocycles. The average Bonchev–Trinajstić information content (AvgIpc) is 3.36. The van der Waals surface area contributed by atoms with Crippen molar-refractivity contribution in [3.63, 3.8) is 0 Å². The Morgan fingerprint density at radius 2 is 1.89 bits per heavy atom. The van der Waals surface area contributed by atoms with Crippen molar-refractivity contribution in [2.24, 2.45) is 5.92 Å². The van der Waals surface area contributed by atoms with Crippen LogP contribution in [0.1, 0.15) is 51.8 Å². The second-order valence-electron chi connectivity index (χ2n) is 7.22. The van der Waals surface area contributed by atoms with Crippen LogP contribution in [0.15, 0.2) is 29.6 Å². The van der Waals surface area contributed by atoms with E-state index < -0.39 is 11.9 Å². The summed E-state index contributed by atoms with van der Waals surface area (Å²) < 4.78 is 6.16. The van der Waals surface area contributed by atoms with Crippen molar-refractivity contribution >= 4 is 23.3 Å². The number of hydrogen-bond acceptors (Lipinski definition) is 5. The maximum atomic E-state index is 11.2. The largest absolute Gasteiger partial charge is 0.481 e. The second kappa shape index (κ2) is 7.40. The molecule has 3 heterocycles. The Labute approximate surface area is 160 Å². The van der Waals surface area contributed by atoms with Crippen molar-refractivity contribution in [2.75, 3.05) is 0 Å². The van der Waals surface area contributed by atoms with Gasteiger partial charge in [0.25, 0.3) is 0 Å². The predicted molar refractivity (Wildman–Crippen MR) is 99.3 cm³/mol. The summed E-state index contributed by atoms with van der Waals surface area (Å²) in [5, 5.41) is 20.6. The lowest BCUT2D eigenvalue weighted by Crippen LogP contribution is -2.27. The second-order valence-corrected chi connectivity index (χ2v) is 8.11. The number of fused-ring (bicyclic) bond motifs is 2. The Morgan fingerprint density at radius 1 is 1.15 bits per heavy atom. The molecular formula is C20H21NO5S. The number of aliphatic carboxylic acids is 1. The molecule has 4 atom stereocenters. The van der Waals surface area contributed by atoms with Crippen LogP contribution in [0, 0.1) is 5.92 Å². The van der Waals surface area contributed by atoms with E-state index in [0.717, 1.165) is 35.4 Å². The summed E-state index contributed by atoms with van der Waals surface area (Å²) in [6.45, 7) is 0. The number of aromatic nitrogens is 1. The zero-order valence-corrected chi connectivity index (χ0v) is 15.5. The Balaban J connectivity index is 1.58. The first-order valence-corrected chi connectivity index (χ1v) is 10.0. The van der Waals surface area contributed by atoms with E-state index in [0.29, 0.717) is 6.42 Å². The molecule has 2 aliphatic heterocycles. The number of aromatic carboxylic acids is 1. The van der Waals surface area contributed by atoms with Gasteiger partial charge in [0, 0.05) is 23.6 Å². The van der Waals surface area contributed by atoms with Gasteiger partial charge in [-0.05, 0) is 36.8 Å². The van der Waals surface area contributed by atoms with E-state index in [1.54, 1.807) is 5.38 Å². The van der Waals surface area contributed by atoms with Gasteiger partial charge in [-0.3, -0.25) is 4.79 Å². The molecule has 142 valence electrons. The number of hydrogen-bond donors (Lipinski definition) is 2. The first kappa shape index (κ1) is 18.1. The normalized spacial score (nSPS) is 26.4. The van der Waals surface area contributed by atoms with Gasteiger partial charge in [-0.25, -0.2) is 9.78 Å². The molecule has 6 nitrogen and oxygen atoms in total. The van der Waals surface area contributed by atoms with E-state index in [1.165, 1.54) is 11.3 Å². The molecule has 7 heteroatoms. The summed E-state index contributed by atoms with van der Waals surface area (Å²) in [4.78, 5) is 26.5. The first-order valence-electron chi connectivity index (χ1n) is 9.15. The van der Waals surface area contributed by atoms with Crippen LogP contribution in [-0.2, 0) is 22.4 Å². The monoisotopic (exact) mass is 387 g/mol. The van der Waals surface area contributed by atoms with Crippen molar-refractivity contribution in [3.8, 4) is 0 Å². The highest BCUT2D eigenvalue weighted by atomic mass is 32.1. The molecule has 0 spiro atoms. The molecule has 1 aromatic carbocycles. The number of rotatable bonds is 7. The molecule has 4 unspecified atom stereocenters. The van der Waals surface area contributed by atoms with Crippen molar-refractivity contribution in [2.45, 2.75) is 50.2 Å². The molecule has 1 aromatic heterocycles. The Morgan fingerprint density at radius 3 is 2.59 bits per heavy atom. The summed E-state index contributed by atoms with van der Waals surface area (Å²) in [6.07, 6.45) is 3.67. The van der Waals surface area contributed by atoms with Crippen LogP contribution in [-0.4, -0.2) is 39.3 Å². The lowest BCUT2D eigenvalue weighted by atomic mass is 9.75. The van der Waals surface area contributed by atoms with Crippen LogP contribution in [0.4, 0.5) is 0 Å². The third-order valence-electron chi connectivity index (χ3n) is 5.63. The van der Waals surface area contributed by atoms with Crippen molar-refractivity contribution in [3.05, 3.63) is 51.5 Å². The van der Waals surface area contributed by atoms with Gasteiger partial charge in [0.2, 0.25) is 0 Å². The van der Waals surface area contributed by atoms with Gasteiger partial charge in [0.1, 0.15) is 0 Å². The number of nitrogens with zero attached hydrogens (tertiary/aromatic N) is 1. The lowest BCUT2D eigenvalue weighted by molar-refractivity contribution is -0.136. The van der Waals surface area contributed by atoms with Crippen LogP contribution in [0.25, 0.3) is 0 Å². The molecule has 0 amide bonds. The lowest BCUT2D eigenvalue weighted by Gasteiger charge is -2.27. The fourth-order valence-electron chi connectivity index (χ4n) is 4.41. The van der Waals surface area contributed by atoms with Gasteiger partial charge in [-0.1, -0.05) is 24.3 Å². The zero-order chi connectivity index (χ0) is 19.0. The third kappa shape index (κ3) is 3.61. The summed E-state index contributed by atoms with van der Waals surface area (Å²) in [6, 6.07) is 7.97. The van der Waals surface area contributed by atoms with Gasteiger partial charge < -0.3 is 14.9 Å². The Hall–Kier alpha value is -2.25. The van der Waals surface area contributed by atoms with Crippen LogP contribution in [0.2, 0.25) is 0 Å². The number of thiazole rings is 1. The number of carbonyl (C=O) groups is 2. The summed E-state index contributed by atoms with van der Waals surface area (Å²) >= 11 is 1.40. The molecule has 2 bridgehead atoms. The van der Waals surface area contributed by atoms with Gasteiger partial charge in [-0.2, -0.15) is 0 Å². The molecule has 4 rings (SSSR count). The Bertz CT molecular complexity index is 864. The van der Waals surface area contributed by atoms with Crippen LogP contribution < -0.4 is 0 Å². The molecule has 2 fully saturated rings. The van der Waals surface area contributed by atoms with Crippen molar-refractivity contribution < 1.29 is 24.5 Å². The highest BCUT2D eigenvalue weighted by Crippen LogP contribution is 2.50. The summed E-state index contributed by atoms with van der Waals surface area (Å²) in [5.41, 5.74) is 2.31. The fourth-order valence-corrected chi connectivity index (χ4v) is 5.43. The van der Waals surface area contributed by atoms with Crippen LogP contribution in [0.5, 0.6) is 0 Å². The molecule has 27 heavy (non-hydrogen) atoms. The third-order valence-corrected chi connectivity index (χ3v) is 6.58. The van der Waals surface area contributed by atoms with E-state index in [2.05, 4.69) is 11.1 Å². The number of benzene rings is 1. The minimum absolute atomic E-state index is 0.0957. The highest BCUT2D eigenvalue weighted by molar-refractivity contribution is 7.09. The van der Waals surface area contributed by atoms with E-state index in [-0.39, 0.29) is 36.2 Å². The number of carboxylic acid groups (broad SMARTS) is 2. The minimum atomic E-state index is -1.00. The minimum Gasteiger partial charge on any atom is -0.481 e. The van der Waals surface area contributed by atoms with E-state index in [1.807, 2.05) is 18.2 Å². The standard InChI is InChI=1S/C20H21NO5S/c22-17(23)8-5-11-3-1-2-4-12(11)9-13-15-6-7-16(26-15)18(13)19-21-14(10-27-19)20(24)25/h1-4,10,13,15-16,18H,5-9H2,(H,22,23)(H,24,25). The molecule has 2 aliphatic rings. The van der Waals surface area contributed by atoms with Crippen molar-refractivity contribution in [1.82, 2.24) is 4.98 Å². The number of carboxylic acids is 2. The van der Waals surface area contributed by atoms with Crippen LogP contribution in [0.3, 0.4) is 0 Å². The number of aryl methyl sites for hydroxylation is 1. The highest BCUT2D eigenvalue weighted by Gasteiger charge is 2.50. The summed E-state index contributed by atoms with van der Waals surface area (Å²) in [5.74, 6) is -1.45. The van der Waals surface area contributed by atoms with Crippen LogP contribution >= 0.6 is 11.3 Å². The first-order chi connectivity index (χ1) is 13.0. The SMILES string of the molecule is O=C(O)CCc1ccccc1CC1C2CCC(O2)C1c1nc(C(=O)O)cs1. The van der Waals surface area contributed by atoms with Gasteiger partial charge >= 0.3 is 11.9 Å². The quantitative estimate of drug-likeness (QED) is 0.756. The maximum absolute atomic E-state index is 11.2. The van der Waals surface area contributed by atoms with Gasteiger partial charge in [-0.15, -0.1) is 11.3 Å². The maximum Gasteiger partial charge on any atom is 0.355 e. The van der Waals surface area contributed by atoms with Gasteiger partial charge in [0.15, 0.2) is 5.69 Å². The topological polar surface area (TPSA) is 96.7 Å². The smallest absolute Gasteiger partial charge is 0.355 e. The molecule has 2 saturated heterocycles. The zero-order valence-electron chi connectivity index (χ0n) is 14.7. The number of ether oxygens (including phenoxy) is 1.